The summed E-state index contributed by atoms with van der Waals surface area (Å²) in [5.41, 5.74) is 0.823. The minimum Gasteiger partial charge on any atom is -0.391 e. The summed E-state index contributed by atoms with van der Waals surface area (Å²) in [6.45, 7) is 1.21. The molecule has 6 heteroatoms. The fourth-order valence-electron chi connectivity index (χ4n) is 2.35. The zero-order valence-corrected chi connectivity index (χ0v) is 12.6. The first kappa shape index (κ1) is 13.7. The number of nitrogens with zero attached hydrogens (tertiary/aromatic N) is 2. The fourth-order valence-corrected chi connectivity index (χ4v) is 3.98. The van der Waals surface area contributed by atoms with Crippen molar-refractivity contribution < 1.29 is 9.90 Å². The van der Waals surface area contributed by atoms with E-state index in [0.717, 1.165) is 35.0 Å². The lowest BCUT2D eigenvalue weighted by atomic mass is 10.1. The van der Waals surface area contributed by atoms with Gasteiger partial charge in [0.2, 0.25) is 5.91 Å². The molecule has 1 aliphatic heterocycles. The molecule has 1 saturated heterocycles. The van der Waals surface area contributed by atoms with Gasteiger partial charge in [-0.3, -0.25) is 4.79 Å². The second kappa shape index (κ2) is 6.03. The zero-order valence-electron chi connectivity index (χ0n) is 11.0. The normalized spacial score (nSPS) is 19.2. The number of aliphatic hydroxyl groups is 1. The van der Waals surface area contributed by atoms with Crippen LogP contribution >= 0.6 is 22.7 Å². The number of carbonyl (C=O) groups excluding carboxylic acids is 1. The molecule has 0 spiro atoms. The van der Waals surface area contributed by atoms with Crippen molar-refractivity contribution in [2.75, 3.05) is 13.1 Å². The lowest BCUT2D eigenvalue weighted by molar-refractivity contribution is -0.133. The first-order valence-corrected chi connectivity index (χ1v) is 8.42. The van der Waals surface area contributed by atoms with Gasteiger partial charge in [0.25, 0.3) is 0 Å². The molecule has 0 aliphatic carbocycles. The van der Waals surface area contributed by atoms with E-state index in [2.05, 4.69) is 4.98 Å². The standard InChI is InChI=1S/C14H16N2O2S2/c17-11-3-1-5-16(8-11)13(18)7-10-9-20-14(15-10)12-4-2-6-19-12/h2,4,6,9,11,17H,1,3,5,7-8H2/t11-/m0/s1. The molecule has 3 rings (SSSR count). The summed E-state index contributed by atoms with van der Waals surface area (Å²) < 4.78 is 0. The highest BCUT2D eigenvalue weighted by molar-refractivity contribution is 7.20. The Hall–Kier alpha value is -1.24. The molecule has 1 aliphatic rings. The Bertz CT molecular complexity index is 580. The highest BCUT2D eigenvalue weighted by Crippen LogP contribution is 2.28. The Morgan fingerprint density at radius 1 is 1.50 bits per heavy atom. The molecule has 4 nitrogen and oxygen atoms in total. The Morgan fingerprint density at radius 3 is 3.15 bits per heavy atom. The maximum absolute atomic E-state index is 12.2. The van der Waals surface area contributed by atoms with Crippen LogP contribution < -0.4 is 0 Å². The topological polar surface area (TPSA) is 53.4 Å². The monoisotopic (exact) mass is 308 g/mol. The summed E-state index contributed by atoms with van der Waals surface area (Å²) in [7, 11) is 0. The van der Waals surface area contributed by atoms with Gasteiger partial charge in [-0.15, -0.1) is 22.7 Å². The van der Waals surface area contributed by atoms with Gasteiger partial charge >= 0.3 is 0 Å². The molecule has 106 valence electrons. The number of β-amino-alcohol motifs (C(OH)–C–C–N with tert-alkyl or cyclic N) is 1. The molecule has 3 heterocycles. The number of amides is 1. The van der Waals surface area contributed by atoms with E-state index in [-0.39, 0.29) is 12.0 Å². The van der Waals surface area contributed by atoms with Crippen molar-refractivity contribution in [2.24, 2.45) is 0 Å². The molecule has 2 aromatic rings. The van der Waals surface area contributed by atoms with Crippen LogP contribution in [0.1, 0.15) is 18.5 Å². The molecule has 0 unspecified atom stereocenters. The molecule has 1 atom stereocenters. The highest BCUT2D eigenvalue weighted by atomic mass is 32.1. The van der Waals surface area contributed by atoms with Crippen LogP contribution in [0.2, 0.25) is 0 Å². The van der Waals surface area contributed by atoms with Crippen molar-refractivity contribution >= 4 is 28.6 Å². The van der Waals surface area contributed by atoms with Crippen LogP contribution in [0, 0.1) is 0 Å². The zero-order chi connectivity index (χ0) is 13.9. The van der Waals surface area contributed by atoms with Gasteiger partial charge in [0.1, 0.15) is 5.01 Å². The van der Waals surface area contributed by atoms with Crippen LogP contribution in [0.4, 0.5) is 0 Å². The molecular weight excluding hydrogens is 292 g/mol. The molecule has 0 radical (unpaired) electrons. The van der Waals surface area contributed by atoms with E-state index in [9.17, 15) is 9.90 Å². The van der Waals surface area contributed by atoms with E-state index in [0.29, 0.717) is 13.0 Å². The van der Waals surface area contributed by atoms with E-state index in [4.69, 9.17) is 0 Å². The largest absolute Gasteiger partial charge is 0.391 e. The van der Waals surface area contributed by atoms with Crippen molar-refractivity contribution in [3.63, 3.8) is 0 Å². The summed E-state index contributed by atoms with van der Waals surface area (Å²) in [6, 6.07) is 4.04. The summed E-state index contributed by atoms with van der Waals surface area (Å²) in [5.74, 6) is 0.0618. The molecule has 20 heavy (non-hydrogen) atoms. The summed E-state index contributed by atoms with van der Waals surface area (Å²) in [5, 5.41) is 14.6. The van der Waals surface area contributed by atoms with Gasteiger partial charge in [0, 0.05) is 18.5 Å². The van der Waals surface area contributed by atoms with Crippen LogP contribution in [-0.2, 0) is 11.2 Å². The van der Waals surface area contributed by atoms with Gasteiger partial charge in [-0.2, -0.15) is 0 Å². The average molecular weight is 308 g/mol. The second-order valence-corrected chi connectivity index (χ2v) is 6.74. The van der Waals surface area contributed by atoms with E-state index in [1.807, 2.05) is 22.9 Å². The number of aromatic nitrogens is 1. The van der Waals surface area contributed by atoms with Crippen molar-refractivity contribution in [2.45, 2.75) is 25.4 Å². The van der Waals surface area contributed by atoms with Crippen molar-refractivity contribution in [3.05, 3.63) is 28.6 Å². The first-order chi connectivity index (χ1) is 9.72. The molecule has 2 aromatic heterocycles. The Kier molecular flexibility index (Phi) is 4.14. The third kappa shape index (κ3) is 3.08. The Morgan fingerprint density at radius 2 is 2.40 bits per heavy atom. The first-order valence-electron chi connectivity index (χ1n) is 6.66. The highest BCUT2D eigenvalue weighted by Gasteiger charge is 2.22. The number of thiophene rings is 1. The molecule has 1 fully saturated rings. The SMILES string of the molecule is O=C(Cc1csc(-c2cccs2)n1)N1CCC[C@H](O)C1. The number of piperidine rings is 1. The number of thiazole rings is 1. The van der Waals surface area contributed by atoms with Crippen LogP contribution in [0.15, 0.2) is 22.9 Å². The van der Waals surface area contributed by atoms with E-state index in [1.165, 1.54) is 0 Å². The molecular formula is C14H16N2O2S2. The predicted molar refractivity (Wildman–Crippen MR) is 81.0 cm³/mol. The van der Waals surface area contributed by atoms with Gasteiger partial charge in [-0.25, -0.2) is 4.98 Å². The van der Waals surface area contributed by atoms with Crippen molar-refractivity contribution in [3.8, 4) is 9.88 Å². The summed E-state index contributed by atoms with van der Waals surface area (Å²) in [6.07, 6.45) is 1.63. The van der Waals surface area contributed by atoms with Crippen LogP contribution in [0.5, 0.6) is 0 Å². The van der Waals surface area contributed by atoms with Gasteiger partial charge in [0.05, 0.1) is 23.1 Å². The third-order valence-electron chi connectivity index (χ3n) is 3.37. The minimum atomic E-state index is -0.371. The molecule has 1 N–H and O–H groups in total. The van der Waals surface area contributed by atoms with Crippen LogP contribution in [0.25, 0.3) is 9.88 Å². The average Bonchev–Trinajstić information content (AvgIpc) is 3.08. The van der Waals surface area contributed by atoms with Gasteiger partial charge in [-0.1, -0.05) is 6.07 Å². The third-order valence-corrected chi connectivity index (χ3v) is 5.30. The summed E-state index contributed by atoms with van der Waals surface area (Å²) >= 11 is 3.23. The van der Waals surface area contributed by atoms with E-state index < -0.39 is 0 Å². The number of hydrogen-bond acceptors (Lipinski definition) is 5. The molecule has 1 amide bonds. The molecule has 0 aromatic carbocycles. The summed E-state index contributed by atoms with van der Waals surface area (Å²) in [4.78, 5) is 19.6. The second-order valence-electron chi connectivity index (χ2n) is 4.93. The fraction of sp³-hybridized carbons (Fsp3) is 0.429. The van der Waals surface area contributed by atoms with Crippen LogP contribution in [-0.4, -0.2) is 40.1 Å². The number of rotatable bonds is 3. The number of aliphatic hydroxyl groups excluding tert-OH is 1. The van der Waals surface area contributed by atoms with E-state index in [1.54, 1.807) is 27.6 Å². The minimum absolute atomic E-state index is 0.0618. The van der Waals surface area contributed by atoms with E-state index >= 15 is 0 Å². The van der Waals surface area contributed by atoms with Gasteiger partial charge in [-0.05, 0) is 24.3 Å². The number of likely N-dealkylation sites (tertiary alicyclic amines) is 1. The maximum atomic E-state index is 12.2. The Balaban J connectivity index is 1.64. The lowest BCUT2D eigenvalue weighted by Gasteiger charge is -2.29. The van der Waals surface area contributed by atoms with Gasteiger partial charge < -0.3 is 10.0 Å². The van der Waals surface area contributed by atoms with Crippen molar-refractivity contribution in [1.29, 1.82) is 0 Å². The maximum Gasteiger partial charge on any atom is 0.228 e. The quantitative estimate of drug-likeness (QED) is 0.947. The number of hydrogen-bond donors (Lipinski definition) is 1. The molecule has 0 bridgehead atoms. The lowest BCUT2D eigenvalue weighted by Crippen LogP contribution is -2.42. The van der Waals surface area contributed by atoms with Crippen molar-refractivity contribution in [1.82, 2.24) is 9.88 Å². The number of carbonyl (C=O) groups is 1. The molecule has 0 saturated carbocycles. The predicted octanol–water partition coefficient (Wildman–Crippen LogP) is 2.40. The van der Waals surface area contributed by atoms with Crippen LogP contribution in [0.3, 0.4) is 0 Å². The van der Waals surface area contributed by atoms with Gasteiger partial charge in [0.15, 0.2) is 0 Å². The Labute approximate surface area is 125 Å². The smallest absolute Gasteiger partial charge is 0.228 e.